The second kappa shape index (κ2) is 8.05. The fourth-order valence-corrected chi connectivity index (χ4v) is 2.86. The van der Waals surface area contributed by atoms with Crippen LogP contribution in [0.2, 0.25) is 0 Å². The quantitative estimate of drug-likeness (QED) is 0.468. The average molecular weight is 324 g/mol. The van der Waals surface area contributed by atoms with Gasteiger partial charge < -0.3 is 20.2 Å². The highest BCUT2D eigenvalue weighted by Crippen LogP contribution is 2.25. The summed E-state index contributed by atoms with van der Waals surface area (Å²) >= 11 is 0. The van der Waals surface area contributed by atoms with E-state index in [0.29, 0.717) is 24.8 Å². The van der Waals surface area contributed by atoms with Crippen molar-refractivity contribution in [3.63, 3.8) is 0 Å². The molecular weight excluding hydrogens is 300 g/mol. The highest BCUT2D eigenvalue weighted by molar-refractivity contribution is 5.75. The molecule has 8 nitrogen and oxygen atoms in total. The van der Waals surface area contributed by atoms with Crippen LogP contribution in [0.5, 0.6) is 0 Å². The molecule has 1 aromatic heterocycles. The number of nitrogens with zero attached hydrogens (tertiary/aromatic N) is 3. The Bertz CT molecular complexity index is 558. The SMILES string of the molecule is Cc1cc([N+](=O)[O-])nn1CC(=O)NCCO[C@@H]1CCCC[C@@H]1C. The molecule has 2 atom stereocenters. The minimum absolute atomic E-state index is 0.0283. The van der Waals surface area contributed by atoms with Crippen LogP contribution < -0.4 is 5.32 Å². The first-order valence-corrected chi connectivity index (χ1v) is 8.04. The first kappa shape index (κ1) is 17.4. The van der Waals surface area contributed by atoms with Crippen LogP contribution in [0.4, 0.5) is 5.82 Å². The number of aromatic nitrogens is 2. The van der Waals surface area contributed by atoms with E-state index in [1.165, 1.54) is 30.0 Å². The molecule has 1 aromatic rings. The molecule has 0 radical (unpaired) electrons. The Kier molecular flexibility index (Phi) is 6.09. The number of nitrogens with one attached hydrogen (secondary N) is 1. The Balaban J connectivity index is 1.70. The molecule has 1 saturated carbocycles. The van der Waals surface area contributed by atoms with Crippen molar-refractivity contribution in [1.29, 1.82) is 0 Å². The summed E-state index contributed by atoms with van der Waals surface area (Å²) in [6.45, 7) is 4.78. The maximum absolute atomic E-state index is 11.9. The Morgan fingerprint density at radius 3 is 2.91 bits per heavy atom. The zero-order chi connectivity index (χ0) is 16.8. The third-order valence-electron chi connectivity index (χ3n) is 4.24. The number of rotatable bonds is 7. The van der Waals surface area contributed by atoms with Crippen LogP contribution in [-0.2, 0) is 16.1 Å². The second-order valence-electron chi connectivity index (χ2n) is 6.08. The van der Waals surface area contributed by atoms with E-state index in [-0.39, 0.29) is 24.4 Å². The number of amides is 1. The molecule has 1 amide bonds. The predicted octanol–water partition coefficient (Wildman–Crippen LogP) is 1.81. The van der Waals surface area contributed by atoms with Crippen molar-refractivity contribution in [2.24, 2.45) is 5.92 Å². The van der Waals surface area contributed by atoms with Gasteiger partial charge in [-0.25, -0.2) is 0 Å². The van der Waals surface area contributed by atoms with Crippen LogP contribution in [0.15, 0.2) is 6.07 Å². The third kappa shape index (κ3) is 5.02. The monoisotopic (exact) mass is 324 g/mol. The molecule has 0 unspecified atom stereocenters. The van der Waals surface area contributed by atoms with Gasteiger partial charge >= 0.3 is 5.82 Å². The summed E-state index contributed by atoms with van der Waals surface area (Å²) in [6.07, 6.45) is 5.06. The highest BCUT2D eigenvalue weighted by atomic mass is 16.6. The Morgan fingerprint density at radius 1 is 1.52 bits per heavy atom. The zero-order valence-electron chi connectivity index (χ0n) is 13.7. The number of carbonyl (C=O) groups excluding carboxylic acids is 1. The van der Waals surface area contributed by atoms with Gasteiger partial charge in [-0.1, -0.05) is 19.8 Å². The standard InChI is InChI=1S/C15H24N4O4/c1-11-5-3-4-6-13(11)23-8-7-16-15(20)10-18-12(2)9-14(17-18)19(21)22/h9,11,13H,3-8,10H2,1-2H3,(H,16,20)/t11-,13+/m0/s1. The fourth-order valence-electron chi connectivity index (χ4n) is 2.86. The molecule has 1 fully saturated rings. The van der Waals surface area contributed by atoms with Gasteiger partial charge in [-0.15, -0.1) is 0 Å². The van der Waals surface area contributed by atoms with Crippen molar-refractivity contribution in [3.05, 3.63) is 21.9 Å². The van der Waals surface area contributed by atoms with Gasteiger partial charge in [0.05, 0.1) is 29.6 Å². The van der Waals surface area contributed by atoms with E-state index in [1.807, 2.05) is 0 Å². The Morgan fingerprint density at radius 2 is 2.26 bits per heavy atom. The topological polar surface area (TPSA) is 99.3 Å². The summed E-state index contributed by atoms with van der Waals surface area (Å²) in [6, 6.07) is 1.35. The van der Waals surface area contributed by atoms with E-state index in [2.05, 4.69) is 17.3 Å². The highest BCUT2D eigenvalue weighted by Gasteiger charge is 2.21. The molecule has 23 heavy (non-hydrogen) atoms. The zero-order valence-corrected chi connectivity index (χ0v) is 13.7. The lowest BCUT2D eigenvalue weighted by molar-refractivity contribution is -0.389. The molecule has 1 aliphatic carbocycles. The van der Waals surface area contributed by atoms with Gasteiger partial charge in [-0.2, -0.15) is 4.68 Å². The van der Waals surface area contributed by atoms with Crippen LogP contribution in [0.25, 0.3) is 0 Å². The van der Waals surface area contributed by atoms with Crippen LogP contribution in [0.3, 0.4) is 0 Å². The van der Waals surface area contributed by atoms with Gasteiger partial charge in [0.25, 0.3) is 0 Å². The van der Waals surface area contributed by atoms with E-state index >= 15 is 0 Å². The van der Waals surface area contributed by atoms with Crippen LogP contribution >= 0.6 is 0 Å². The minimum atomic E-state index is -0.569. The molecule has 1 heterocycles. The summed E-state index contributed by atoms with van der Waals surface area (Å²) in [5.74, 6) is 0.100. The predicted molar refractivity (Wildman–Crippen MR) is 84.0 cm³/mol. The average Bonchev–Trinajstić information content (AvgIpc) is 2.87. The van der Waals surface area contributed by atoms with Crippen molar-refractivity contribution in [1.82, 2.24) is 15.1 Å². The largest absolute Gasteiger partial charge is 0.390 e. The van der Waals surface area contributed by atoms with Crippen LogP contribution in [-0.4, -0.2) is 39.9 Å². The Labute approximate surface area is 135 Å². The maximum Gasteiger partial charge on any atom is 0.390 e. The number of ether oxygens (including phenoxy) is 1. The van der Waals surface area contributed by atoms with Crippen molar-refractivity contribution >= 4 is 11.7 Å². The van der Waals surface area contributed by atoms with Gasteiger partial charge in [-0.05, 0) is 30.6 Å². The molecule has 0 aliphatic heterocycles. The van der Waals surface area contributed by atoms with E-state index in [0.717, 1.165) is 6.42 Å². The van der Waals surface area contributed by atoms with Crippen LogP contribution in [0.1, 0.15) is 38.3 Å². The smallest absolute Gasteiger partial charge is 0.376 e. The molecule has 0 bridgehead atoms. The fraction of sp³-hybridized carbons (Fsp3) is 0.733. The number of hydrogen-bond acceptors (Lipinski definition) is 5. The van der Waals surface area contributed by atoms with Crippen molar-refractivity contribution in [3.8, 4) is 0 Å². The summed E-state index contributed by atoms with van der Waals surface area (Å²) in [7, 11) is 0. The second-order valence-corrected chi connectivity index (χ2v) is 6.08. The number of carbonyl (C=O) groups is 1. The lowest BCUT2D eigenvalue weighted by atomic mass is 9.88. The van der Waals surface area contributed by atoms with E-state index < -0.39 is 4.92 Å². The van der Waals surface area contributed by atoms with Crippen LogP contribution in [0, 0.1) is 23.0 Å². The molecule has 0 aromatic carbocycles. The third-order valence-corrected chi connectivity index (χ3v) is 4.24. The van der Waals surface area contributed by atoms with Crippen molar-refractivity contribution in [2.75, 3.05) is 13.2 Å². The van der Waals surface area contributed by atoms with Gasteiger partial charge in [0, 0.05) is 6.54 Å². The lowest BCUT2D eigenvalue weighted by Crippen LogP contribution is -2.33. The van der Waals surface area contributed by atoms with E-state index in [4.69, 9.17) is 4.74 Å². The summed E-state index contributed by atoms with van der Waals surface area (Å²) in [4.78, 5) is 21.9. The van der Waals surface area contributed by atoms with Crippen molar-refractivity contribution < 1.29 is 14.5 Å². The maximum atomic E-state index is 11.9. The minimum Gasteiger partial charge on any atom is -0.376 e. The molecule has 2 rings (SSSR count). The molecule has 0 spiro atoms. The van der Waals surface area contributed by atoms with Gasteiger partial charge in [-0.3, -0.25) is 4.79 Å². The van der Waals surface area contributed by atoms with E-state index in [1.54, 1.807) is 6.92 Å². The van der Waals surface area contributed by atoms with E-state index in [9.17, 15) is 14.9 Å². The summed E-state index contributed by atoms with van der Waals surface area (Å²) in [5, 5.41) is 17.2. The first-order valence-electron chi connectivity index (χ1n) is 8.04. The summed E-state index contributed by atoms with van der Waals surface area (Å²) < 4.78 is 7.16. The molecule has 1 N–H and O–H groups in total. The molecule has 128 valence electrons. The lowest BCUT2D eigenvalue weighted by Gasteiger charge is -2.28. The first-order chi connectivity index (χ1) is 11.0. The molecule has 8 heteroatoms. The molecule has 0 saturated heterocycles. The summed E-state index contributed by atoms with van der Waals surface area (Å²) in [5.41, 5.74) is 0.583. The van der Waals surface area contributed by atoms with Gasteiger partial charge in [0.15, 0.2) is 0 Å². The molecular formula is C15H24N4O4. The molecule has 1 aliphatic rings. The Hall–Kier alpha value is -1.96. The van der Waals surface area contributed by atoms with Gasteiger partial charge in [0.2, 0.25) is 5.91 Å². The van der Waals surface area contributed by atoms with Gasteiger partial charge in [0.1, 0.15) is 6.54 Å². The normalized spacial score (nSPS) is 21.1. The number of aryl methyl sites for hydroxylation is 1. The number of nitro groups is 1. The number of hydrogen-bond donors (Lipinski definition) is 1. The van der Waals surface area contributed by atoms with Crippen molar-refractivity contribution in [2.45, 2.75) is 52.2 Å².